The Labute approximate surface area is 181 Å². The summed E-state index contributed by atoms with van der Waals surface area (Å²) in [5.74, 6) is 0.499. The van der Waals surface area contributed by atoms with Gasteiger partial charge in [0.15, 0.2) is 5.78 Å². The van der Waals surface area contributed by atoms with Gasteiger partial charge in [0.05, 0.1) is 23.8 Å². The molecule has 0 bridgehead atoms. The molecule has 2 aromatic rings. The summed E-state index contributed by atoms with van der Waals surface area (Å²) < 4.78 is 31.6. The molecule has 3 heterocycles. The summed E-state index contributed by atoms with van der Waals surface area (Å²) in [6, 6.07) is 10.6. The average Bonchev–Trinajstić information content (AvgIpc) is 2.73. The van der Waals surface area contributed by atoms with Gasteiger partial charge in [0, 0.05) is 56.5 Å². The van der Waals surface area contributed by atoms with E-state index in [4.69, 9.17) is 10.00 Å². The third kappa shape index (κ3) is 5.03. The van der Waals surface area contributed by atoms with E-state index in [1.54, 1.807) is 30.5 Å². The van der Waals surface area contributed by atoms with Crippen LogP contribution < -0.4 is 9.46 Å². The van der Waals surface area contributed by atoms with E-state index in [0.29, 0.717) is 29.0 Å². The van der Waals surface area contributed by atoms with Crippen molar-refractivity contribution in [3.8, 4) is 11.8 Å². The molecule has 1 aromatic carbocycles. The van der Waals surface area contributed by atoms with E-state index in [-0.39, 0.29) is 5.78 Å². The number of likely N-dealkylation sites (tertiary alicyclic amines) is 1. The Morgan fingerprint density at radius 1 is 1.26 bits per heavy atom. The predicted molar refractivity (Wildman–Crippen MR) is 116 cm³/mol. The van der Waals surface area contributed by atoms with Gasteiger partial charge >= 0.3 is 0 Å². The lowest BCUT2D eigenvalue weighted by molar-refractivity contribution is -0.00868. The number of nitrogens with zero attached hydrogens (tertiary/aromatic N) is 3. The maximum absolute atomic E-state index is 12.8. The summed E-state index contributed by atoms with van der Waals surface area (Å²) in [5.41, 5.74) is 1.80. The standard InChI is InChI=1S/C22H24N4O4S/c1-31(28,29)25-18-4-5-21-19(12-18)20(27)13-22(30-21)7-10-26(11-8-22)9-6-17-3-2-16(14-23)15-24-17/h2-5,12,15,25H,6-11,13H2,1H3. The normalized spacial score (nSPS) is 18.1. The lowest BCUT2D eigenvalue weighted by Crippen LogP contribution is -2.51. The van der Waals surface area contributed by atoms with Gasteiger partial charge in [-0.1, -0.05) is 0 Å². The Bertz CT molecular complexity index is 1130. The van der Waals surface area contributed by atoms with Crippen molar-refractivity contribution in [3.05, 3.63) is 53.3 Å². The van der Waals surface area contributed by atoms with Crippen LogP contribution in [-0.4, -0.2) is 55.6 Å². The number of hydrogen-bond acceptors (Lipinski definition) is 7. The second-order valence-corrected chi connectivity index (χ2v) is 9.96. The minimum Gasteiger partial charge on any atom is -0.486 e. The number of anilines is 1. The molecule has 0 amide bonds. The van der Waals surface area contributed by atoms with Crippen LogP contribution in [0.4, 0.5) is 5.69 Å². The molecule has 31 heavy (non-hydrogen) atoms. The van der Waals surface area contributed by atoms with E-state index in [9.17, 15) is 13.2 Å². The molecule has 0 radical (unpaired) electrons. The van der Waals surface area contributed by atoms with Crippen LogP contribution in [0.15, 0.2) is 36.5 Å². The van der Waals surface area contributed by atoms with Crippen LogP contribution in [-0.2, 0) is 16.4 Å². The van der Waals surface area contributed by atoms with Crippen molar-refractivity contribution < 1.29 is 17.9 Å². The molecule has 0 aliphatic carbocycles. The first-order valence-electron chi connectivity index (χ1n) is 10.2. The zero-order valence-electron chi connectivity index (χ0n) is 17.3. The number of carbonyl (C=O) groups excluding carboxylic acids is 1. The summed E-state index contributed by atoms with van der Waals surface area (Å²) in [6.07, 6.45) is 5.27. The first-order chi connectivity index (χ1) is 14.8. The van der Waals surface area contributed by atoms with E-state index < -0.39 is 15.6 Å². The molecule has 2 aliphatic heterocycles. The van der Waals surface area contributed by atoms with E-state index in [1.807, 2.05) is 6.07 Å². The van der Waals surface area contributed by atoms with Crippen LogP contribution in [0.2, 0.25) is 0 Å². The fraction of sp³-hybridized carbons (Fsp3) is 0.409. The Morgan fingerprint density at radius 2 is 2.03 bits per heavy atom. The fourth-order valence-electron chi connectivity index (χ4n) is 4.15. The quantitative estimate of drug-likeness (QED) is 0.759. The number of nitriles is 1. The number of aromatic nitrogens is 1. The largest absolute Gasteiger partial charge is 0.486 e. The van der Waals surface area contributed by atoms with Crippen LogP contribution in [0.25, 0.3) is 0 Å². The molecule has 162 valence electrons. The molecule has 1 saturated heterocycles. The fourth-order valence-corrected chi connectivity index (χ4v) is 4.70. The number of piperidine rings is 1. The van der Waals surface area contributed by atoms with Crippen molar-refractivity contribution in [3.63, 3.8) is 0 Å². The summed E-state index contributed by atoms with van der Waals surface area (Å²) >= 11 is 0. The first-order valence-corrected chi connectivity index (χ1v) is 12.1. The number of Topliss-reactive ketones (excluding diaryl/α,β-unsaturated/α-hetero) is 1. The zero-order valence-corrected chi connectivity index (χ0v) is 18.1. The average molecular weight is 441 g/mol. The monoisotopic (exact) mass is 440 g/mol. The van der Waals surface area contributed by atoms with Crippen molar-refractivity contribution in [2.45, 2.75) is 31.3 Å². The van der Waals surface area contributed by atoms with Crippen LogP contribution in [0.3, 0.4) is 0 Å². The number of rotatable bonds is 5. The molecule has 4 rings (SSSR count). The van der Waals surface area contributed by atoms with Crippen LogP contribution in [0, 0.1) is 11.3 Å². The lowest BCUT2D eigenvalue weighted by atomic mass is 9.82. The van der Waals surface area contributed by atoms with Crippen molar-refractivity contribution in [2.24, 2.45) is 0 Å². The molecule has 9 heteroatoms. The topological polar surface area (TPSA) is 112 Å². The van der Waals surface area contributed by atoms with Crippen molar-refractivity contribution in [2.75, 3.05) is 30.6 Å². The molecule has 1 fully saturated rings. The molecule has 2 aliphatic rings. The number of hydrogen-bond donors (Lipinski definition) is 1. The van der Waals surface area contributed by atoms with Crippen molar-refractivity contribution in [1.82, 2.24) is 9.88 Å². The Morgan fingerprint density at radius 3 is 2.68 bits per heavy atom. The van der Waals surface area contributed by atoms with Crippen LogP contribution >= 0.6 is 0 Å². The third-order valence-electron chi connectivity index (χ3n) is 5.80. The maximum Gasteiger partial charge on any atom is 0.229 e. The Balaban J connectivity index is 1.36. The number of ether oxygens (including phenoxy) is 1. The highest BCUT2D eigenvalue weighted by Crippen LogP contribution is 2.40. The molecular weight excluding hydrogens is 416 g/mol. The maximum atomic E-state index is 12.8. The lowest BCUT2D eigenvalue weighted by Gasteiger charge is -2.44. The summed E-state index contributed by atoms with van der Waals surface area (Å²) in [6.45, 7) is 2.51. The number of ketones is 1. The van der Waals surface area contributed by atoms with Gasteiger partial charge in [-0.3, -0.25) is 14.5 Å². The predicted octanol–water partition coefficient (Wildman–Crippen LogP) is 2.37. The number of sulfonamides is 1. The molecule has 0 unspecified atom stereocenters. The van der Waals surface area contributed by atoms with E-state index >= 15 is 0 Å². The second kappa shape index (κ2) is 8.29. The SMILES string of the molecule is CS(=O)(=O)Nc1ccc2c(c1)C(=O)CC1(CCN(CCc3ccc(C#N)cn3)CC1)O2. The highest BCUT2D eigenvalue weighted by atomic mass is 32.2. The number of benzene rings is 1. The molecule has 1 N–H and O–H groups in total. The second-order valence-electron chi connectivity index (χ2n) is 8.21. The number of carbonyl (C=O) groups is 1. The summed E-state index contributed by atoms with van der Waals surface area (Å²) in [5, 5.41) is 8.86. The van der Waals surface area contributed by atoms with Gasteiger partial charge in [-0.2, -0.15) is 5.26 Å². The van der Waals surface area contributed by atoms with Gasteiger partial charge < -0.3 is 9.64 Å². The van der Waals surface area contributed by atoms with Gasteiger partial charge in [0.25, 0.3) is 0 Å². The Hall–Kier alpha value is -2.96. The molecule has 0 saturated carbocycles. The van der Waals surface area contributed by atoms with Gasteiger partial charge in [0.1, 0.15) is 17.4 Å². The molecule has 0 atom stereocenters. The number of fused-ring (bicyclic) bond motifs is 1. The van der Waals surface area contributed by atoms with Gasteiger partial charge in [-0.05, 0) is 30.3 Å². The van der Waals surface area contributed by atoms with Crippen molar-refractivity contribution >= 4 is 21.5 Å². The molecular formula is C22H24N4O4S. The van der Waals surface area contributed by atoms with Gasteiger partial charge in [0.2, 0.25) is 10.0 Å². The highest BCUT2D eigenvalue weighted by Gasteiger charge is 2.42. The molecule has 1 spiro atoms. The van der Waals surface area contributed by atoms with E-state index in [1.165, 1.54) is 0 Å². The minimum atomic E-state index is -3.41. The third-order valence-corrected chi connectivity index (χ3v) is 6.40. The van der Waals surface area contributed by atoms with Crippen LogP contribution in [0.1, 0.15) is 40.9 Å². The van der Waals surface area contributed by atoms with Crippen LogP contribution in [0.5, 0.6) is 5.75 Å². The molecule has 1 aromatic heterocycles. The highest BCUT2D eigenvalue weighted by molar-refractivity contribution is 7.92. The summed E-state index contributed by atoms with van der Waals surface area (Å²) in [4.78, 5) is 19.5. The van der Waals surface area contributed by atoms with E-state index in [0.717, 1.165) is 50.8 Å². The smallest absolute Gasteiger partial charge is 0.229 e. The molecule has 8 nitrogen and oxygen atoms in total. The first kappa shape index (κ1) is 21.3. The Kier molecular flexibility index (Phi) is 5.69. The minimum absolute atomic E-state index is 0.0198. The zero-order chi connectivity index (χ0) is 22.1. The summed E-state index contributed by atoms with van der Waals surface area (Å²) in [7, 11) is -3.41. The van der Waals surface area contributed by atoms with E-state index in [2.05, 4.69) is 20.7 Å². The van der Waals surface area contributed by atoms with Crippen molar-refractivity contribution in [1.29, 1.82) is 5.26 Å². The number of pyridine rings is 1. The number of nitrogens with one attached hydrogen (secondary N) is 1. The van der Waals surface area contributed by atoms with Gasteiger partial charge in [-0.15, -0.1) is 0 Å². The van der Waals surface area contributed by atoms with Gasteiger partial charge in [-0.25, -0.2) is 8.42 Å².